The molecule has 0 unspecified atom stereocenters. The zero-order valence-electron chi connectivity index (χ0n) is 21.0. The van der Waals surface area contributed by atoms with Gasteiger partial charge in [-0.15, -0.1) is 5.10 Å². The fourth-order valence-electron chi connectivity index (χ4n) is 4.50. The van der Waals surface area contributed by atoms with Crippen LogP contribution in [0.2, 0.25) is 5.02 Å². The number of nitrogens with one attached hydrogen (secondary N) is 1. The molecule has 1 aliphatic carbocycles. The van der Waals surface area contributed by atoms with Crippen molar-refractivity contribution in [1.82, 2.24) is 14.5 Å². The van der Waals surface area contributed by atoms with Crippen molar-refractivity contribution in [1.29, 1.82) is 0 Å². The van der Waals surface area contributed by atoms with Crippen molar-refractivity contribution in [3.8, 4) is 11.5 Å². The maximum Gasteiger partial charge on any atom is 0.269 e. The third kappa shape index (κ3) is 6.20. The lowest BCUT2D eigenvalue weighted by Gasteiger charge is -2.36. The molecule has 0 aliphatic heterocycles. The maximum atomic E-state index is 13.8. The molecule has 1 heterocycles. The zero-order valence-corrected chi connectivity index (χ0v) is 22.6. The van der Waals surface area contributed by atoms with Gasteiger partial charge in [0, 0.05) is 34.9 Å². The molecule has 37 heavy (non-hydrogen) atoms. The number of amides is 2. The molecule has 0 spiro atoms. The molecule has 1 aliphatic rings. The van der Waals surface area contributed by atoms with E-state index in [1.165, 1.54) is 7.11 Å². The Morgan fingerprint density at radius 1 is 1.11 bits per heavy atom. The normalized spacial score (nSPS) is 17.2. The Labute approximate surface area is 225 Å². The number of carbonyl (C=O) groups is 2. The number of ether oxygens (including phenoxy) is 2. The second kappa shape index (κ2) is 11.9. The van der Waals surface area contributed by atoms with Gasteiger partial charge in [0.05, 0.1) is 19.9 Å². The monoisotopic (exact) mass is 543 g/mol. The van der Waals surface area contributed by atoms with Gasteiger partial charge in [0.15, 0.2) is 11.5 Å². The average molecular weight is 544 g/mol. The Morgan fingerprint density at radius 3 is 2.49 bits per heavy atom. The largest absolute Gasteiger partial charge is 0.493 e. The number of aryl methyl sites for hydroxylation is 1. The summed E-state index contributed by atoms with van der Waals surface area (Å²) < 4.78 is 14.6. The molecule has 9 nitrogen and oxygen atoms in total. The van der Waals surface area contributed by atoms with Crippen LogP contribution in [0.1, 0.15) is 57.0 Å². The van der Waals surface area contributed by atoms with Crippen LogP contribution in [0.5, 0.6) is 11.5 Å². The molecular formula is C26H30ClN5O4S. The Balaban J connectivity index is 1.62. The molecular weight excluding hydrogens is 514 g/mol. The summed E-state index contributed by atoms with van der Waals surface area (Å²) >= 11 is 7.62. The van der Waals surface area contributed by atoms with Crippen LogP contribution in [0.3, 0.4) is 0 Å². The predicted molar refractivity (Wildman–Crippen MR) is 144 cm³/mol. The van der Waals surface area contributed by atoms with Crippen molar-refractivity contribution in [3.63, 3.8) is 0 Å². The lowest BCUT2D eigenvalue weighted by Crippen LogP contribution is -2.44. The zero-order chi connectivity index (χ0) is 26.5. The number of methoxy groups -OCH3 is 2. The summed E-state index contributed by atoms with van der Waals surface area (Å²) in [4.78, 5) is 28.8. The van der Waals surface area contributed by atoms with E-state index in [1.807, 2.05) is 4.90 Å². The number of hydrogen-bond donors (Lipinski definition) is 2. The molecule has 1 fully saturated rings. The van der Waals surface area contributed by atoms with E-state index in [1.54, 1.807) is 50.4 Å². The number of nitrogens with zero attached hydrogens (tertiary/aromatic N) is 3. The predicted octanol–water partition coefficient (Wildman–Crippen LogP) is 4.68. The second-order valence-corrected chi connectivity index (χ2v) is 10.2. The van der Waals surface area contributed by atoms with E-state index in [0.717, 1.165) is 42.8 Å². The van der Waals surface area contributed by atoms with Crippen molar-refractivity contribution in [2.24, 2.45) is 5.73 Å². The summed E-state index contributed by atoms with van der Waals surface area (Å²) in [5.74, 6) is 0.597. The molecule has 3 aromatic rings. The Hall–Kier alpha value is -3.21. The molecule has 3 N–H and O–H groups in total. The molecule has 1 saturated carbocycles. The van der Waals surface area contributed by atoms with E-state index < -0.39 is 0 Å². The highest BCUT2D eigenvalue weighted by molar-refractivity contribution is 7.08. The van der Waals surface area contributed by atoms with Gasteiger partial charge in [-0.25, -0.2) is 0 Å². The van der Waals surface area contributed by atoms with Gasteiger partial charge in [-0.3, -0.25) is 9.59 Å². The SMILES string of the molecule is COc1ccc(C(=O)N(Cc2cc(NC(=O)c3snnc3C)ccc2Cl)C2CCC(N)CC2)cc1OC. The van der Waals surface area contributed by atoms with Gasteiger partial charge in [-0.05, 0) is 86.1 Å². The van der Waals surface area contributed by atoms with Gasteiger partial charge in [0.2, 0.25) is 0 Å². The molecule has 196 valence electrons. The lowest BCUT2D eigenvalue weighted by molar-refractivity contribution is 0.0606. The van der Waals surface area contributed by atoms with Crippen LogP contribution in [-0.2, 0) is 6.54 Å². The van der Waals surface area contributed by atoms with Crippen molar-refractivity contribution in [2.75, 3.05) is 19.5 Å². The number of halogens is 1. The lowest BCUT2D eigenvalue weighted by atomic mass is 9.90. The summed E-state index contributed by atoms with van der Waals surface area (Å²) in [7, 11) is 3.09. The Morgan fingerprint density at radius 2 is 1.84 bits per heavy atom. The first-order valence-electron chi connectivity index (χ1n) is 12.0. The van der Waals surface area contributed by atoms with Gasteiger partial charge in [0.25, 0.3) is 11.8 Å². The number of hydrogen-bond acceptors (Lipinski definition) is 8. The van der Waals surface area contributed by atoms with E-state index in [4.69, 9.17) is 26.8 Å². The first-order chi connectivity index (χ1) is 17.8. The Bertz CT molecular complexity index is 1280. The molecule has 1 aromatic heterocycles. The number of anilines is 1. The third-order valence-electron chi connectivity index (χ3n) is 6.58. The van der Waals surface area contributed by atoms with Crippen LogP contribution in [0.15, 0.2) is 36.4 Å². The van der Waals surface area contributed by atoms with Crippen LogP contribution in [0, 0.1) is 6.92 Å². The molecule has 0 atom stereocenters. The first-order valence-corrected chi connectivity index (χ1v) is 13.1. The number of nitrogens with two attached hydrogens (primary N) is 1. The number of carbonyl (C=O) groups excluding carboxylic acids is 2. The topological polar surface area (TPSA) is 120 Å². The van der Waals surface area contributed by atoms with E-state index in [9.17, 15) is 9.59 Å². The van der Waals surface area contributed by atoms with E-state index in [-0.39, 0.29) is 30.4 Å². The highest BCUT2D eigenvalue weighted by Crippen LogP contribution is 2.32. The van der Waals surface area contributed by atoms with Gasteiger partial charge >= 0.3 is 0 Å². The highest BCUT2D eigenvalue weighted by atomic mass is 35.5. The average Bonchev–Trinajstić information content (AvgIpc) is 3.34. The summed E-state index contributed by atoms with van der Waals surface area (Å²) in [6, 6.07) is 10.5. The van der Waals surface area contributed by atoms with Gasteiger partial charge in [-0.2, -0.15) is 0 Å². The minimum absolute atomic E-state index is 0.000581. The number of benzene rings is 2. The molecule has 0 radical (unpaired) electrons. The molecule has 2 amide bonds. The van der Waals surface area contributed by atoms with E-state index in [0.29, 0.717) is 38.3 Å². The summed E-state index contributed by atoms with van der Waals surface area (Å²) in [6.07, 6.45) is 3.27. The number of rotatable bonds is 8. The summed E-state index contributed by atoms with van der Waals surface area (Å²) in [5, 5.41) is 7.28. The number of aromatic nitrogens is 2. The van der Waals surface area contributed by atoms with Gasteiger partial charge in [0.1, 0.15) is 4.88 Å². The molecule has 4 rings (SSSR count). The van der Waals surface area contributed by atoms with Gasteiger partial charge in [-0.1, -0.05) is 16.1 Å². The van der Waals surface area contributed by atoms with Crippen molar-refractivity contribution >= 4 is 40.6 Å². The van der Waals surface area contributed by atoms with Crippen molar-refractivity contribution < 1.29 is 19.1 Å². The fraction of sp³-hybridized carbons (Fsp3) is 0.385. The van der Waals surface area contributed by atoms with Gasteiger partial charge < -0.3 is 25.4 Å². The standard InChI is InChI=1S/C26H30ClN5O4S/c1-15-24(37-31-30-15)25(33)29-19-7-10-21(27)17(12-19)14-32(20-8-5-18(28)6-9-20)26(34)16-4-11-22(35-2)23(13-16)36-3/h4,7,10-13,18,20H,5-6,8-9,14,28H2,1-3H3,(H,29,33). The smallest absolute Gasteiger partial charge is 0.269 e. The van der Waals surface area contributed by atoms with Crippen LogP contribution < -0.4 is 20.5 Å². The van der Waals surface area contributed by atoms with Crippen LogP contribution in [0.4, 0.5) is 5.69 Å². The molecule has 0 saturated heterocycles. The molecule has 11 heteroatoms. The first kappa shape index (κ1) is 26.8. The van der Waals surface area contributed by atoms with E-state index >= 15 is 0 Å². The quantitative estimate of drug-likeness (QED) is 0.423. The molecule has 0 bridgehead atoms. The van der Waals surface area contributed by atoms with Crippen LogP contribution in [0.25, 0.3) is 0 Å². The van der Waals surface area contributed by atoms with Crippen molar-refractivity contribution in [3.05, 3.63) is 63.1 Å². The minimum atomic E-state index is -0.291. The third-order valence-corrected chi connectivity index (χ3v) is 7.77. The minimum Gasteiger partial charge on any atom is -0.493 e. The fourth-order valence-corrected chi connectivity index (χ4v) is 5.23. The molecule has 2 aromatic carbocycles. The second-order valence-electron chi connectivity index (χ2n) is 9.02. The van der Waals surface area contributed by atoms with E-state index in [2.05, 4.69) is 14.9 Å². The summed E-state index contributed by atoms with van der Waals surface area (Å²) in [5.41, 5.74) is 8.50. The maximum absolute atomic E-state index is 13.8. The Kier molecular flexibility index (Phi) is 8.63. The van der Waals surface area contributed by atoms with Crippen LogP contribution >= 0.6 is 23.1 Å². The van der Waals surface area contributed by atoms with Crippen molar-refractivity contribution in [2.45, 2.75) is 51.2 Å². The highest BCUT2D eigenvalue weighted by Gasteiger charge is 2.30. The van der Waals surface area contributed by atoms with Crippen LogP contribution in [-0.4, -0.2) is 52.6 Å². The summed E-state index contributed by atoms with van der Waals surface area (Å²) in [6.45, 7) is 2.01.